The van der Waals surface area contributed by atoms with E-state index >= 15 is 0 Å². The van der Waals surface area contributed by atoms with Gasteiger partial charge in [-0.1, -0.05) is 20.8 Å². The lowest BCUT2D eigenvalue weighted by Gasteiger charge is -2.39. The van der Waals surface area contributed by atoms with Crippen LogP contribution in [0, 0.1) is 0 Å². The Bertz CT molecular complexity index is 493. The highest BCUT2D eigenvalue weighted by Gasteiger charge is 2.59. The quantitative estimate of drug-likeness (QED) is 0.873. The van der Waals surface area contributed by atoms with Crippen LogP contribution in [-0.2, 0) is 10.3 Å². The molecule has 2 heterocycles. The lowest BCUT2D eigenvalue weighted by molar-refractivity contribution is -0.0843. The maximum atomic E-state index is 6.38. The third kappa shape index (κ3) is 3.03. The lowest BCUT2D eigenvalue weighted by atomic mass is 9.79. The first kappa shape index (κ1) is 16.9. The minimum Gasteiger partial charge on any atom is -0.367 e. The fourth-order valence-corrected chi connectivity index (χ4v) is 4.74. The second-order valence-electron chi connectivity index (χ2n) is 7.61. The second-order valence-corrected chi connectivity index (χ2v) is 8.47. The molecule has 1 aliphatic heterocycles. The normalized spacial score (nSPS) is 27.4. The Morgan fingerprint density at radius 1 is 1.33 bits per heavy atom. The van der Waals surface area contributed by atoms with Gasteiger partial charge in [-0.2, -0.15) is 0 Å². The molecule has 1 aromatic rings. The molecule has 1 aliphatic rings. The van der Waals surface area contributed by atoms with Gasteiger partial charge < -0.3 is 10.1 Å². The molecule has 0 aromatic carbocycles. The first-order valence-electron chi connectivity index (χ1n) is 8.05. The molecule has 0 amide bonds. The van der Waals surface area contributed by atoms with E-state index in [1.54, 1.807) is 11.3 Å². The average Bonchev–Trinajstić information content (AvgIpc) is 2.88. The summed E-state index contributed by atoms with van der Waals surface area (Å²) in [5, 5.41) is 7.16. The van der Waals surface area contributed by atoms with E-state index in [0.717, 1.165) is 19.4 Å². The number of hydrogen-bond donors (Lipinski definition) is 1. The van der Waals surface area contributed by atoms with Crippen molar-refractivity contribution in [1.29, 1.82) is 0 Å². The third-order valence-corrected chi connectivity index (χ3v) is 5.43. The van der Waals surface area contributed by atoms with Crippen molar-refractivity contribution in [3.05, 3.63) is 16.1 Å². The monoisotopic (exact) mass is 310 g/mol. The van der Waals surface area contributed by atoms with Gasteiger partial charge in [-0.15, -0.1) is 11.3 Å². The van der Waals surface area contributed by atoms with Crippen LogP contribution >= 0.6 is 11.3 Å². The maximum Gasteiger partial charge on any atom is 0.116 e. The molecule has 2 rings (SSSR count). The minimum absolute atomic E-state index is 0.131. The number of ether oxygens (including phenoxy) is 1. The molecule has 1 atom stereocenters. The molecule has 0 aliphatic carbocycles. The van der Waals surface area contributed by atoms with Crippen molar-refractivity contribution in [2.75, 3.05) is 6.54 Å². The van der Waals surface area contributed by atoms with Crippen LogP contribution in [-0.4, -0.2) is 22.7 Å². The van der Waals surface area contributed by atoms with Gasteiger partial charge in [0.25, 0.3) is 0 Å². The highest BCUT2D eigenvalue weighted by molar-refractivity contribution is 7.09. The predicted molar refractivity (Wildman–Crippen MR) is 90.0 cm³/mol. The highest BCUT2D eigenvalue weighted by atomic mass is 32.1. The topological polar surface area (TPSA) is 34.2 Å². The van der Waals surface area contributed by atoms with E-state index in [0.29, 0.717) is 5.92 Å². The number of nitrogens with one attached hydrogen (secondary N) is 1. The van der Waals surface area contributed by atoms with Gasteiger partial charge in [0.15, 0.2) is 0 Å². The zero-order valence-corrected chi connectivity index (χ0v) is 15.4. The summed E-state index contributed by atoms with van der Waals surface area (Å²) < 4.78 is 6.38. The number of hydrogen-bond acceptors (Lipinski definition) is 4. The largest absolute Gasteiger partial charge is 0.367 e. The average molecular weight is 311 g/mol. The summed E-state index contributed by atoms with van der Waals surface area (Å²) in [7, 11) is 0. The Labute approximate surface area is 133 Å². The van der Waals surface area contributed by atoms with E-state index in [1.165, 1.54) is 10.7 Å². The molecular formula is C17H30N2OS. The summed E-state index contributed by atoms with van der Waals surface area (Å²) in [6, 6.07) is 0. The van der Waals surface area contributed by atoms with E-state index in [1.807, 2.05) is 0 Å². The number of thiazole rings is 1. The SMILES string of the molecule is CCCNC1(c2nc(C(C)C)cs2)CC(C)(C)OC1(C)C. The van der Waals surface area contributed by atoms with Gasteiger partial charge in [-0.25, -0.2) is 4.98 Å². The van der Waals surface area contributed by atoms with Crippen molar-refractivity contribution in [3.63, 3.8) is 0 Å². The van der Waals surface area contributed by atoms with Crippen molar-refractivity contribution in [3.8, 4) is 0 Å². The number of nitrogens with zero attached hydrogens (tertiary/aromatic N) is 1. The van der Waals surface area contributed by atoms with Crippen molar-refractivity contribution < 1.29 is 4.74 Å². The molecular weight excluding hydrogens is 280 g/mol. The number of rotatable bonds is 5. The standard InChI is InChI=1S/C17H30N2OS/c1-8-9-18-17(11-15(4,5)20-16(17,6)7)14-19-13(10-21-14)12(2)3/h10,12,18H,8-9,11H2,1-7H3. The highest BCUT2D eigenvalue weighted by Crippen LogP contribution is 2.51. The molecule has 0 bridgehead atoms. The van der Waals surface area contributed by atoms with Crippen LogP contribution in [0.15, 0.2) is 5.38 Å². The summed E-state index contributed by atoms with van der Waals surface area (Å²) in [4.78, 5) is 4.95. The number of aromatic nitrogens is 1. The Balaban J connectivity index is 2.46. The van der Waals surface area contributed by atoms with Crippen LogP contribution in [0.2, 0.25) is 0 Å². The van der Waals surface area contributed by atoms with Crippen LogP contribution < -0.4 is 5.32 Å². The molecule has 4 heteroatoms. The van der Waals surface area contributed by atoms with E-state index in [-0.39, 0.29) is 16.7 Å². The van der Waals surface area contributed by atoms with E-state index in [2.05, 4.69) is 59.2 Å². The van der Waals surface area contributed by atoms with Gasteiger partial charge >= 0.3 is 0 Å². The smallest absolute Gasteiger partial charge is 0.116 e. The summed E-state index contributed by atoms with van der Waals surface area (Å²) >= 11 is 1.77. The van der Waals surface area contributed by atoms with E-state index < -0.39 is 0 Å². The molecule has 0 radical (unpaired) electrons. The molecule has 0 saturated carbocycles. The van der Waals surface area contributed by atoms with Gasteiger partial charge in [-0.3, -0.25) is 0 Å². The maximum absolute atomic E-state index is 6.38. The molecule has 3 nitrogen and oxygen atoms in total. The molecule has 1 aromatic heterocycles. The second kappa shape index (κ2) is 5.64. The van der Waals surface area contributed by atoms with Gasteiger partial charge in [-0.05, 0) is 46.6 Å². The molecule has 1 N–H and O–H groups in total. The Hall–Kier alpha value is -0.450. The zero-order chi connectivity index (χ0) is 15.9. The van der Waals surface area contributed by atoms with Gasteiger partial charge in [0, 0.05) is 11.8 Å². The van der Waals surface area contributed by atoms with Crippen molar-refractivity contribution in [1.82, 2.24) is 10.3 Å². The zero-order valence-electron chi connectivity index (χ0n) is 14.5. The fourth-order valence-electron chi connectivity index (χ4n) is 3.44. The van der Waals surface area contributed by atoms with Crippen LogP contribution in [0.5, 0.6) is 0 Å². The molecule has 1 fully saturated rings. The van der Waals surface area contributed by atoms with Gasteiger partial charge in [0.05, 0.1) is 16.9 Å². The molecule has 120 valence electrons. The Kier molecular flexibility index (Phi) is 4.54. The summed E-state index contributed by atoms with van der Waals surface area (Å²) in [6.07, 6.45) is 2.07. The van der Waals surface area contributed by atoms with Gasteiger partial charge in [0.2, 0.25) is 0 Å². The van der Waals surface area contributed by atoms with Crippen LogP contribution in [0.25, 0.3) is 0 Å². The first-order chi connectivity index (χ1) is 9.63. The third-order valence-electron chi connectivity index (χ3n) is 4.41. The Morgan fingerprint density at radius 2 is 2.00 bits per heavy atom. The molecule has 21 heavy (non-hydrogen) atoms. The summed E-state index contributed by atoms with van der Waals surface area (Å²) in [5.74, 6) is 0.469. The predicted octanol–water partition coefficient (Wildman–Crippen LogP) is 4.44. The van der Waals surface area contributed by atoms with Crippen LogP contribution in [0.1, 0.15) is 77.9 Å². The lowest BCUT2D eigenvalue weighted by Crippen LogP contribution is -2.54. The molecule has 0 spiro atoms. The van der Waals surface area contributed by atoms with Crippen molar-refractivity contribution in [2.45, 2.75) is 84.0 Å². The van der Waals surface area contributed by atoms with Gasteiger partial charge in [0.1, 0.15) is 10.5 Å². The minimum atomic E-state index is -0.266. The van der Waals surface area contributed by atoms with Crippen LogP contribution in [0.4, 0.5) is 0 Å². The summed E-state index contributed by atoms with van der Waals surface area (Å²) in [5.41, 5.74) is 0.601. The van der Waals surface area contributed by atoms with E-state index in [9.17, 15) is 0 Å². The first-order valence-corrected chi connectivity index (χ1v) is 8.92. The van der Waals surface area contributed by atoms with Crippen LogP contribution in [0.3, 0.4) is 0 Å². The summed E-state index contributed by atoms with van der Waals surface area (Å²) in [6.45, 7) is 16.3. The Morgan fingerprint density at radius 3 is 2.43 bits per heavy atom. The fraction of sp³-hybridized carbons (Fsp3) is 0.824. The molecule has 1 saturated heterocycles. The van der Waals surface area contributed by atoms with Crippen molar-refractivity contribution >= 4 is 11.3 Å². The van der Waals surface area contributed by atoms with E-state index in [4.69, 9.17) is 9.72 Å². The van der Waals surface area contributed by atoms with Crippen molar-refractivity contribution in [2.24, 2.45) is 0 Å². The molecule has 1 unspecified atom stereocenters.